The highest BCUT2D eigenvalue weighted by molar-refractivity contribution is 5.89. The average molecular weight is 391 g/mol. The predicted molar refractivity (Wildman–Crippen MR) is 112 cm³/mol. The molecule has 2 aromatic carbocycles. The summed E-state index contributed by atoms with van der Waals surface area (Å²) in [7, 11) is 0. The molecule has 4 rings (SSSR count). The second-order valence-corrected chi connectivity index (χ2v) is 7.46. The van der Waals surface area contributed by atoms with Gasteiger partial charge >= 0.3 is 11.7 Å². The zero-order chi connectivity index (χ0) is 20.4. The summed E-state index contributed by atoms with van der Waals surface area (Å²) in [5.74, 6) is 0.729. The van der Waals surface area contributed by atoms with Crippen molar-refractivity contribution in [3.05, 3.63) is 81.5 Å². The number of carbonyl (C=O) groups is 1. The summed E-state index contributed by atoms with van der Waals surface area (Å²) in [4.78, 5) is 27.2. The van der Waals surface area contributed by atoms with Crippen LogP contribution < -0.4 is 11.0 Å². The van der Waals surface area contributed by atoms with Gasteiger partial charge in [0, 0.05) is 31.7 Å². The van der Waals surface area contributed by atoms with Crippen LogP contribution in [0.1, 0.15) is 22.5 Å². The molecular formula is C22H25N5O2. The van der Waals surface area contributed by atoms with Crippen molar-refractivity contribution in [3.63, 3.8) is 0 Å². The first-order valence-electron chi connectivity index (χ1n) is 9.85. The third kappa shape index (κ3) is 4.08. The van der Waals surface area contributed by atoms with Gasteiger partial charge in [-0.3, -0.25) is 4.57 Å². The molecule has 0 unspecified atom stereocenters. The molecule has 0 saturated heterocycles. The Kier molecular flexibility index (Phi) is 5.20. The average Bonchev–Trinajstić information content (AvgIpc) is 2.88. The van der Waals surface area contributed by atoms with Crippen LogP contribution in [0.5, 0.6) is 0 Å². The van der Waals surface area contributed by atoms with Gasteiger partial charge in [0.1, 0.15) is 5.82 Å². The van der Waals surface area contributed by atoms with E-state index in [0.29, 0.717) is 32.6 Å². The van der Waals surface area contributed by atoms with Gasteiger partial charge < -0.3 is 10.2 Å². The van der Waals surface area contributed by atoms with Crippen LogP contribution in [0.25, 0.3) is 0 Å². The van der Waals surface area contributed by atoms with Crippen LogP contribution in [0.2, 0.25) is 0 Å². The molecule has 0 fully saturated rings. The smallest absolute Gasteiger partial charge is 0.322 e. The Labute approximate surface area is 169 Å². The molecule has 0 saturated carbocycles. The fraction of sp³-hybridized carbons (Fsp3) is 0.318. The van der Waals surface area contributed by atoms with Gasteiger partial charge in [0.25, 0.3) is 0 Å². The van der Waals surface area contributed by atoms with Crippen molar-refractivity contribution in [1.29, 1.82) is 0 Å². The van der Waals surface area contributed by atoms with Crippen molar-refractivity contribution < 1.29 is 4.79 Å². The molecule has 1 N–H and O–H groups in total. The lowest BCUT2D eigenvalue weighted by atomic mass is 10.1. The van der Waals surface area contributed by atoms with E-state index in [-0.39, 0.29) is 11.7 Å². The SMILES string of the molecule is Cc1ccc(NC(=O)N2CCc3nn(Cc4ccccc4)c(=O)n3CC2)cc1C. The number of hydrogen-bond acceptors (Lipinski definition) is 3. The van der Waals surface area contributed by atoms with Crippen LogP contribution >= 0.6 is 0 Å². The van der Waals surface area contributed by atoms with Gasteiger partial charge in [-0.05, 0) is 42.7 Å². The molecule has 1 aromatic heterocycles. The Balaban J connectivity index is 1.44. The Morgan fingerprint density at radius 3 is 2.59 bits per heavy atom. The lowest BCUT2D eigenvalue weighted by molar-refractivity contribution is 0.212. The number of nitrogens with one attached hydrogen (secondary N) is 1. The van der Waals surface area contributed by atoms with Gasteiger partial charge in [0.05, 0.1) is 6.54 Å². The fourth-order valence-corrected chi connectivity index (χ4v) is 3.55. The van der Waals surface area contributed by atoms with Gasteiger partial charge in [-0.1, -0.05) is 36.4 Å². The first-order chi connectivity index (χ1) is 14.0. The van der Waals surface area contributed by atoms with E-state index in [1.807, 2.05) is 62.4 Å². The highest BCUT2D eigenvalue weighted by Crippen LogP contribution is 2.15. The second kappa shape index (κ2) is 7.95. The third-order valence-electron chi connectivity index (χ3n) is 5.42. The number of nitrogens with zero attached hydrogens (tertiary/aromatic N) is 4. The molecule has 0 bridgehead atoms. The van der Waals surface area contributed by atoms with Gasteiger partial charge in [-0.15, -0.1) is 0 Å². The summed E-state index contributed by atoms with van der Waals surface area (Å²) < 4.78 is 3.20. The molecule has 29 heavy (non-hydrogen) atoms. The highest BCUT2D eigenvalue weighted by Gasteiger charge is 2.22. The lowest BCUT2D eigenvalue weighted by Gasteiger charge is -2.21. The highest BCUT2D eigenvalue weighted by atomic mass is 16.2. The van der Waals surface area contributed by atoms with E-state index >= 15 is 0 Å². The summed E-state index contributed by atoms with van der Waals surface area (Å²) in [6.07, 6.45) is 0.553. The van der Waals surface area contributed by atoms with Crippen molar-refractivity contribution in [2.45, 2.75) is 33.4 Å². The maximum atomic E-state index is 12.8. The van der Waals surface area contributed by atoms with Gasteiger partial charge in [0.2, 0.25) is 0 Å². The van der Waals surface area contributed by atoms with Crippen LogP contribution in [-0.4, -0.2) is 38.4 Å². The van der Waals surface area contributed by atoms with Crippen molar-refractivity contribution >= 4 is 11.7 Å². The van der Waals surface area contributed by atoms with Crippen LogP contribution in [0, 0.1) is 13.8 Å². The normalized spacial score (nSPS) is 13.7. The van der Waals surface area contributed by atoms with E-state index in [4.69, 9.17) is 0 Å². The quantitative estimate of drug-likeness (QED) is 0.746. The second-order valence-electron chi connectivity index (χ2n) is 7.46. The number of benzene rings is 2. The number of amides is 2. The van der Waals surface area contributed by atoms with Gasteiger partial charge in [-0.2, -0.15) is 5.10 Å². The van der Waals surface area contributed by atoms with Crippen LogP contribution in [0.3, 0.4) is 0 Å². The first-order valence-corrected chi connectivity index (χ1v) is 9.85. The maximum absolute atomic E-state index is 12.8. The van der Waals surface area contributed by atoms with Crippen LogP contribution in [0.15, 0.2) is 53.3 Å². The number of fused-ring (bicyclic) bond motifs is 1. The molecule has 0 radical (unpaired) electrons. The largest absolute Gasteiger partial charge is 0.346 e. The molecule has 7 nitrogen and oxygen atoms in total. The van der Waals surface area contributed by atoms with Crippen molar-refractivity contribution in [3.8, 4) is 0 Å². The molecule has 0 spiro atoms. The number of rotatable bonds is 3. The van der Waals surface area contributed by atoms with Gasteiger partial charge in [0.15, 0.2) is 0 Å². The van der Waals surface area contributed by atoms with E-state index in [1.54, 1.807) is 9.47 Å². The number of aryl methyl sites for hydroxylation is 2. The summed E-state index contributed by atoms with van der Waals surface area (Å²) in [6.45, 7) is 5.97. The number of urea groups is 1. The fourth-order valence-electron chi connectivity index (χ4n) is 3.55. The summed E-state index contributed by atoms with van der Waals surface area (Å²) in [5.41, 5.74) is 4.02. The van der Waals surface area contributed by atoms with Crippen LogP contribution in [-0.2, 0) is 19.5 Å². The topological polar surface area (TPSA) is 72.2 Å². The number of carbonyl (C=O) groups excluding carboxylic acids is 1. The molecule has 0 aliphatic carbocycles. The Morgan fingerprint density at radius 2 is 1.83 bits per heavy atom. The number of aromatic nitrogens is 3. The molecule has 150 valence electrons. The summed E-state index contributed by atoms with van der Waals surface area (Å²) >= 11 is 0. The van der Waals surface area contributed by atoms with E-state index in [2.05, 4.69) is 10.4 Å². The van der Waals surface area contributed by atoms with Crippen molar-refractivity contribution in [2.24, 2.45) is 0 Å². The minimum atomic E-state index is -0.149. The molecule has 0 atom stereocenters. The van der Waals surface area contributed by atoms with E-state index in [9.17, 15) is 9.59 Å². The molecular weight excluding hydrogens is 366 g/mol. The van der Waals surface area contributed by atoms with Crippen molar-refractivity contribution in [2.75, 3.05) is 18.4 Å². The van der Waals surface area contributed by atoms with E-state index in [0.717, 1.165) is 22.6 Å². The molecule has 2 amide bonds. The molecule has 1 aliphatic heterocycles. The third-order valence-corrected chi connectivity index (χ3v) is 5.42. The van der Waals surface area contributed by atoms with E-state index < -0.39 is 0 Å². The molecule has 3 aromatic rings. The van der Waals surface area contributed by atoms with E-state index in [1.165, 1.54) is 10.2 Å². The van der Waals surface area contributed by atoms with Gasteiger partial charge in [-0.25, -0.2) is 14.3 Å². The number of anilines is 1. The first kappa shape index (κ1) is 19.0. The lowest BCUT2D eigenvalue weighted by Crippen LogP contribution is -2.38. The Morgan fingerprint density at radius 1 is 1.03 bits per heavy atom. The minimum Gasteiger partial charge on any atom is -0.322 e. The number of hydrogen-bond donors (Lipinski definition) is 1. The predicted octanol–water partition coefficient (Wildman–Crippen LogP) is 2.80. The standard InChI is InChI=1S/C22H25N5O2/c1-16-8-9-19(14-17(16)2)23-21(28)25-11-10-20-24-27(22(29)26(20)13-12-25)15-18-6-4-3-5-7-18/h3-9,14H,10-13,15H2,1-2H3,(H,23,28). The maximum Gasteiger partial charge on any atom is 0.346 e. The molecule has 1 aliphatic rings. The zero-order valence-electron chi connectivity index (χ0n) is 16.8. The zero-order valence-corrected chi connectivity index (χ0v) is 16.8. The summed E-state index contributed by atoms with van der Waals surface area (Å²) in [5, 5.41) is 7.47. The van der Waals surface area contributed by atoms with Crippen LogP contribution in [0.4, 0.5) is 10.5 Å². The monoisotopic (exact) mass is 391 g/mol. The molecule has 2 heterocycles. The molecule has 7 heteroatoms. The Bertz CT molecular complexity index is 1080. The summed E-state index contributed by atoms with van der Waals surface area (Å²) in [6, 6.07) is 15.5. The Hall–Kier alpha value is -3.35. The van der Waals surface area contributed by atoms with Crippen molar-refractivity contribution in [1.82, 2.24) is 19.2 Å². The minimum absolute atomic E-state index is 0.125.